The van der Waals surface area contributed by atoms with Gasteiger partial charge in [0.05, 0.1) is 25.4 Å². The summed E-state index contributed by atoms with van der Waals surface area (Å²) in [6.07, 6.45) is 79.0. The molecule has 1 aliphatic heterocycles. The lowest BCUT2D eigenvalue weighted by Gasteiger charge is -2.41. The van der Waals surface area contributed by atoms with Gasteiger partial charge in [0.2, 0.25) is 5.91 Å². The Morgan fingerprint density at radius 2 is 0.692 bits per heavy atom. The molecule has 0 aromatic heterocycles. The molecule has 7 unspecified atom stereocenters. The molecule has 0 aliphatic carbocycles. The molecule has 542 valence electrons. The summed E-state index contributed by atoms with van der Waals surface area (Å²) in [7, 11) is -5.09. The number of amides is 1. The maximum Gasteiger partial charge on any atom is 0.397 e. The number of hydrogen-bond acceptors (Lipinski definition) is 10. The van der Waals surface area contributed by atoms with Crippen LogP contribution in [0, 0.1) is 0 Å². The van der Waals surface area contributed by atoms with E-state index in [9.17, 15) is 38.2 Å². The molecule has 13 heteroatoms. The number of carbonyl (C=O) groups excluding carboxylic acids is 1. The van der Waals surface area contributed by atoms with Gasteiger partial charge in [-0.05, 0) is 19.3 Å². The summed E-state index contributed by atoms with van der Waals surface area (Å²) in [6, 6.07) is -0.943. The number of nitrogens with one attached hydrogen (secondary N) is 1. The Kier molecular flexibility index (Phi) is 65.1. The van der Waals surface area contributed by atoms with Crippen LogP contribution in [-0.2, 0) is 28.9 Å². The van der Waals surface area contributed by atoms with Gasteiger partial charge >= 0.3 is 10.4 Å². The van der Waals surface area contributed by atoms with Gasteiger partial charge in [0.1, 0.15) is 24.4 Å². The standard InChI is InChI=1S/C78H153NO11S/c1-3-5-7-9-11-13-15-17-19-21-23-25-27-29-30-31-32-33-34-35-36-37-38-39-40-41-42-44-46-48-50-52-54-56-58-60-62-64-66-68-74(82)79-71(70-88-78-76(84)77(90-91(85,86)87)75(83)73(69-80)89-78)72(81)67-65-63-61-59-57-55-53-51-49-47-45-43-28-26-24-22-20-18-16-14-12-10-8-6-4-2/h65,67,71-73,75-78,80-81,83-84H,3-64,66,68-70H2,1-2H3,(H,79,82)(H,85,86,87)/b67-65+. The predicted molar refractivity (Wildman–Crippen MR) is 384 cm³/mol. The summed E-state index contributed by atoms with van der Waals surface area (Å²) in [5.41, 5.74) is 0. The molecule has 1 amide bonds. The summed E-state index contributed by atoms with van der Waals surface area (Å²) in [5.74, 6) is -0.251. The fourth-order valence-electron chi connectivity index (χ4n) is 13.5. The van der Waals surface area contributed by atoms with Gasteiger partial charge < -0.3 is 35.2 Å². The summed E-state index contributed by atoms with van der Waals surface area (Å²) in [5, 5.41) is 45.3. The van der Waals surface area contributed by atoms with E-state index in [1.54, 1.807) is 6.08 Å². The number of aliphatic hydroxyl groups excluding tert-OH is 4. The van der Waals surface area contributed by atoms with Crippen molar-refractivity contribution in [2.45, 2.75) is 468 Å². The van der Waals surface area contributed by atoms with Gasteiger partial charge in [0.25, 0.3) is 0 Å². The smallest absolute Gasteiger partial charge is 0.394 e. The number of unbranched alkanes of at least 4 members (excludes halogenated alkanes) is 61. The molecule has 91 heavy (non-hydrogen) atoms. The third-order valence-electron chi connectivity index (χ3n) is 19.6. The first-order chi connectivity index (χ1) is 44.5. The van der Waals surface area contributed by atoms with E-state index in [1.165, 1.54) is 360 Å². The van der Waals surface area contributed by atoms with Gasteiger partial charge in [-0.2, -0.15) is 8.42 Å². The highest BCUT2D eigenvalue weighted by Crippen LogP contribution is 2.27. The van der Waals surface area contributed by atoms with Gasteiger partial charge in [-0.3, -0.25) is 9.35 Å². The first-order valence-corrected chi connectivity index (χ1v) is 41.4. The second kappa shape index (κ2) is 67.4. The Hall–Kier alpha value is -1.16. The van der Waals surface area contributed by atoms with Crippen LogP contribution in [0.2, 0.25) is 0 Å². The van der Waals surface area contributed by atoms with E-state index in [2.05, 4.69) is 23.3 Å². The third kappa shape index (κ3) is 58.7. The highest BCUT2D eigenvalue weighted by Gasteiger charge is 2.48. The third-order valence-corrected chi connectivity index (χ3v) is 20.0. The molecule has 0 radical (unpaired) electrons. The van der Waals surface area contributed by atoms with Crippen LogP contribution in [-0.4, -0.2) is 95.4 Å². The van der Waals surface area contributed by atoms with Crippen molar-refractivity contribution in [3.63, 3.8) is 0 Å². The molecule has 7 atom stereocenters. The fourth-order valence-corrected chi connectivity index (χ4v) is 14.0. The number of hydrogen-bond donors (Lipinski definition) is 6. The van der Waals surface area contributed by atoms with Crippen LogP contribution in [0.15, 0.2) is 12.2 Å². The van der Waals surface area contributed by atoms with Gasteiger partial charge in [0.15, 0.2) is 6.29 Å². The molecule has 0 aromatic carbocycles. The van der Waals surface area contributed by atoms with Crippen LogP contribution in [0.4, 0.5) is 0 Å². The number of rotatable bonds is 73. The largest absolute Gasteiger partial charge is 0.397 e. The molecule has 12 nitrogen and oxygen atoms in total. The molecular formula is C78H153NO11S. The molecular weight excluding hydrogens is 1160 g/mol. The average Bonchev–Trinajstić information content (AvgIpc) is 1.14. The van der Waals surface area contributed by atoms with Crippen molar-refractivity contribution in [2.75, 3.05) is 13.2 Å². The predicted octanol–water partition coefficient (Wildman–Crippen LogP) is 22.0. The topological polar surface area (TPSA) is 192 Å². The maximum atomic E-state index is 13.2. The van der Waals surface area contributed by atoms with Crippen molar-refractivity contribution in [1.82, 2.24) is 5.32 Å². The van der Waals surface area contributed by atoms with Crippen molar-refractivity contribution < 1.29 is 51.8 Å². The van der Waals surface area contributed by atoms with Crippen molar-refractivity contribution >= 4 is 16.3 Å². The van der Waals surface area contributed by atoms with E-state index in [-0.39, 0.29) is 18.9 Å². The van der Waals surface area contributed by atoms with E-state index in [1.807, 2.05) is 6.08 Å². The summed E-state index contributed by atoms with van der Waals surface area (Å²) in [6.45, 7) is 3.48. The lowest BCUT2D eigenvalue weighted by molar-refractivity contribution is -0.298. The van der Waals surface area contributed by atoms with Crippen LogP contribution in [0.5, 0.6) is 0 Å². The minimum absolute atomic E-state index is 0.251. The summed E-state index contributed by atoms with van der Waals surface area (Å²) < 4.78 is 48.2. The molecule has 0 saturated carbocycles. The first kappa shape index (κ1) is 87.9. The lowest BCUT2D eigenvalue weighted by atomic mass is 9.99. The molecule has 0 bridgehead atoms. The van der Waals surface area contributed by atoms with Crippen molar-refractivity contribution in [3.05, 3.63) is 12.2 Å². The van der Waals surface area contributed by atoms with Crippen LogP contribution < -0.4 is 5.32 Å². The molecule has 6 N–H and O–H groups in total. The molecule has 1 aliphatic rings. The molecule has 0 aromatic rings. The van der Waals surface area contributed by atoms with Gasteiger partial charge in [-0.1, -0.05) is 411 Å². The minimum atomic E-state index is -5.09. The van der Waals surface area contributed by atoms with E-state index in [0.29, 0.717) is 6.42 Å². The molecule has 1 fully saturated rings. The fraction of sp³-hybridized carbons (Fsp3) is 0.962. The Balaban J connectivity index is 2.14. The van der Waals surface area contributed by atoms with E-state index in [4.69, 9.17) is 9.47 Å². The van der Waals surface area contributed by atoms with E-state index >= 15 is 0 Å². The highest BCUT2D eigenvalue weighted by atomic mass is 32.3. The molecule has 0 spiro atoms. The molecule has 1 heterocycles. The van der Waals surface area contributed by atoms with Crippen molar-refractivity contribution in [2.24, 2.45) is 0 Å². The number of allylic oxidation sites excluding steroid dienone is 1. The monoisotopic (exact) mass is 1310 g/mol. The van der Waals surface area contributed by atoms with E-state index < -0.39 is 59.9 Å². The van der Waals surface area contributed by atoms with Gasteiger partial charge in [-0.25, -0.2) is 4.18 Å². The Bertz CT molecular complexity index is 1640. The van der Waals surface area contributed by atoms with Crippen LogP contribution in [0.1, 0.15) is 425 Å². The zero-order valence-corrected chi connectivity index (χ0v) is 60.8. The normalized spacial score (nSPS) is 17.8. The first-order valence-electron chi connectivity index (χ1n) is 40.1. The highest BCUT2D eigenvalue weighted by molar-refractivity contribution is 7.80. The quantitative estimate of drug-likeness (QED) is 0.0193. The maximum absolute atomic E-state index is 13.2. The SMILES string of the molecule is CCCCCCCCCCCCCCCCCCCCCCCCC/C=C/C(O)C(COC1OC(CO)C(O)C(OS(=O)(=O)O)C1O)NC(=O)CCCCCCCCCCCCCCCCCCCCCCCCCCCCCCCCCCCCCCCCC. The zero-order chi connectivity index (χ0) is 66.0. The molecule has 1 saturated heterocycles. The van der Waals surface area contributed by atoms with E-state index in [0.717, 1.165) is 38.5 Å². The van der Waals surface area contributed by atoms with Crippen LogP contribution >= 0.6 is 0 Å². The zero-order valence-electron chi connectivity index (χ0n) is 60.0. The summed E-state index contributed by atoms with van der Waals surface area (Å²) in [4.78, 5) is 13.2. The second-order valence-corrected chi connectivity index (χ2v) is 29.4. The van der Waals surface area contributed by atoms with Gasteiger partial charge in [-0.15, -0.1) is 0 Å². The van der Waals surface area contributed by atoms with Crippen LogP contribution in [0.25, 0.3) is 0 Å². The summed E-state index contributed by atoms with van der Waals surface area (Å²) >= 11 is 0. The average molecular weight is 1310 g/mol. The number of carbonyl (C=O) groups is 1. The van der Waals surface area contributed by atoms with Gasteiger partial charge in [0, 0.05) is 6.42 Å². The van der Waals surface area contributed by atoms with Crippen LogP contribution in [0.3, 0.4) is 0 Å². The second-order valence-electron chi connectivity index (χ2n) is 28.4. The van der Waals surface area contributed by atoms with Crippen molar-refractivity contribution in [3.8, 4) is 0 Å². The molecule has 1 rings (SSSR count). The minimum Gasteiger partial charge on any atom is -0.394 e. The Morgan fingerprint density at radius 3 is 0.956 bits per heavy atom. The van der Waals surface area contributed by atoms with Crippen molar-refractivity contribution in [1.29, 1.82) is 0 Å². The number of ether oxygens (including phenoxy) is 2. The number of aliphatic hydroxyl groups is 4. The Labute approximate surface area is 563 Å². The lowest BCUT2D eigenvalue weighted by Crippen LogP contribution is -2.61. The Morgan fingerprint density at radius 1 is 0.429 bits per heavy atom.